The van der Waals surface area contributed by atoms with Crippen molar-refractivity contribution in [1.82, 2.24) is 0 Å². The van der Waals surface area contributed by atoms with Crippen molar-refractivity contribution >= 4 is 11.6 Å². The van der Waals surface area contributed by atoms with Gasteiger partial charge in [0, 0.05) is 17.3 Å². The first-order valence-corrected chi connectivity index (χ1v) is 10.7. The number of ether oxygens (including phenoxy) is 2. The van der Waals surface area contributed by atoms with Crippen LogP contribution >= 0.6 is 0 Å². The van der Waals surface area contributed by atoms with Crippen LogP contribution in [0.15, 0.2) is 35.9 Å². The number of hydrogen-bond acceptors (Lipinski definition) is 4. The Morgan fingerprint density at radius 2 is 1.86 bits per heavy atom. The average molecular weight is 395 g/mol. The Bertz CT molecular complexity index is 971. The van der Waals surface area contributed by atoms with Crippen molar-refractivity contribution in [3.63, 3.8) is 0 Å². The first kappa shape index (κ1) is 19.0. The van der Waals surface area contributed by atoms with Gasteiger partial charge < -0.3 is 9.47 Å². The molecule has 2 heterocycles. The topological polar surface area (TPSA) is 52.6 Å². The summed E-state index contributed by atoms with van der Waals surface area (Å²) in [6.07, 6.45) is 3.46. The number of benzene rings is 1. The van der Waals surface area contributed by atoms with Crippen molar-refractivity contribution in [3.05, 3.63) is 41.5 Å². The molecule has 2 aliphatic carbocycles. The zero-order chi connectivity index (χ0) is 21.0. The lowest BCUT2D eigenvalue weighted by Crippen LogP contribution is -2.89. The van der Waals surface area contributed by atoms with E-state index in [1.54, 1.807) is 0 Å². The molecule has 4 heteroatoms. The van der Waals surface area contributed by atoms with Gasteiger partial charge in [-0.2, -0.15) is 0 Å². The Morgan fingerprint density at radius 1 is 1.17 bits per heavy atom. The Balaban J connectivity index is 1.80. The largest absolute Gasteiger partial charge is 0.482 e. The molecule has 1 aromatic carbocycles. The fourth-order valence-corrected chi connectivity index (χ4v) is 7.12. The number of carbonyl (C=O) groups is 2. The first-order chi connectivity index (χ1) is 13.5. The first-order valence-electron chi connectivity index (χ1n) is 10.7. The van der Waals surface area contributed by atoms with Gasteiger partial charge in [0.15, 0.2) is 22.8 Å². The van der Waals surface area contributed by atoms with Crippen LogP contribution in [0.5, 0.6) is 5.75 Å². The van der Waals surface area contributed by atoms with Gasteiger partial charge in [-0.15, -0.1) is 0 Å². The van der Waals surface area contributed by atoms with E-state index in [1.807, 2.05) is 31.2 Å². The fraction of sp³-hybridized carbons (Fsp3) is 0.600. The van der Waals surface area contributed by atoms with Crippen LogP contribution in [-0.4, -0.2) is 28.4 Å². The minimum atomic E-state index is -1.09. The number of allylic oxidation sites excluding steroid dienone is 2. The minimum absolute atomic E-state index is 0.00946. The SMILES string of the molecule is CC(C)=CCC1(C)C2C(=O)c3ccccc3OC23C2CC(C)C(=O)C13OC2(C)C. The van der Waals surface area contributed by atoms with Crippen LogP contribution in [0.3, 0.4) is 0 Å². The third-order valence-corrected chi connectivity index (χ3v) is 8.21. The van der Waals surface area contributed by atoms with Crippen LogP contribution < -0.4 is 4.74 Å². The molecule has 1 spiro atoms. The zero-order valence-corrected chi connectivity index (χ0v) is 18.2. The lowest BCUT2D eigenvalue weighted by molar-refractivity contribution is -0.301. The van der Waals surface area contributed by atoms with E-state index < -0.39 is 22.2 Å². The van der Waals surface area contributed by atoms with Crippen molar-refractivity contribution in [2.45, 2.75) is 71.2 Å². The third kappa shape index (κ3) is 1.86. The summed E-state index contributed by atoms with van der Waals surface area (Å²) in [5.41, 5.74) is -1.36. The molecular formula is C25H30O4. The number of ketones is 2. The Kier molecular flexibility index (Phi) is 3.55. The molecule has 154 valence electrons. The van der Waals surface area contributed by atoms with E-state index in [1.165, 1.54) is 5.57 Å². The number of hydrogen-bond donors (Lipinski definition) is 0. The molecule has 0 radical (unpaired) electrons. The highest BCUT2D eigenvalue weighted by atomic mass is 16.6. The molecule has 29 heavy (non-hydrogen) atoms. The summed E-state index contributed by atoms with van der Waals surface area (Å²) < 4.78 is 13.5. The van der Waals surface area contributed by atoms with Gasteiger partial charge in [0.2, 0.25) is 0 Å². The maximum Gasteiger partial charge on any atom is 0.174 e. The van der Waals surface area contributed by atoms with Crippen LogP contribution in [0.25, 0.3) is 0 Å². The summed E-state index contributed by atoms with van der Waals surface area (Å²) in [4.78, 5) is 27.7. The van der Waals surface area contributed by atoms with Gasteiger partial charge in [-0.1, -0.05) is 37.6 Å². The number of rotatable bonds is 2. The summed E-state index contributed by atoms with van der Waals surface area (Å²) in [7, 11) is 0. The maximum atomic E-state index is 13.8. The second-order valence-electron chi connectivity index (χ2n) is 10.5. The Hall–Kier alpha value is -1.94. The molecule has 2 saturated carbocycles. The summed E-state index contributed by atoms with van der Waals surface area (Å²) in [5, 5.41) is 0. The summed E-state index contributed by atoms with van der Waals surface area (Å²) in [5.74, 6) is 0.299. The molecule has 4 aliphatic rings. The second kappa shape index (κ2) is 5.40. The highest BCUT2D eigenvalue weighted by molar-refractivity contribution is 6.08. The number of para-hydroxylation sites is 1. The van der Waals surface area contributed by atoms with E-state index in [-0.39, 0.29) is 29.3 Å². The van der Waals surface area contributed by atoms with Crippen LogP contribution in [-0.2, 0) is 9.53 Å². The van der Waals surface area contributed by atoms with Crippen molar-refractivity contribution in [2.24, 2.45) is 23.2 Å². The smallest absolute Gasteiger partial charge is 0.174 e. The number of Topliss-reactive ketones (excluding diaryl/α,β-unsaturated/α-hetero) is 2. The average Bonchev–Trinajstić information content (AvgIpc) is 2.75. The van der Waals surface area contributed by atoms with E-state index >= 15 is 0 Å². The normalized spacial score (nSPS) is 43.4. The van der Waals surface area contributed by atoms with Crippen molar-refractivity contribution in [1.29, 1.82) is 0 Å². The third-order valence-electron chi connectivity index (χ3n) is 8.21. The molecule has 0 aromatic heterocycles. The number of carbonyl (C=O) groups excluding carboxylic acids is 2. The molecule has 6 atom stereocenters. The lowest BCUT2D eigenvalue weighted by atomic mass is 9.33. The van der Waals surface area contributed by atoms with Crippen LogP contribution in [0.1, 0.15) is 64.7 Å². The highest BCUT2D eigenvalue weighted by Crippen LogP contribution is 2.79. The van der Waals surface area contributed by atoms with E-state index in [9.17, 15) is 9.59 Å². The van der Waals surface area contributed by atoms with Gasteiger partial charge in [0.25, 0.3) is 0 Å². The van der Waals surface area contributed by atoms with Gasteiger partial charge in [-0.25, -0.2) is 0 Å². The number of fused-ring (bicyclic) bond motifs is 1. The van der Waals surface area contributed by atoms with E-state index in [2.05, 4.69) is 40.7 Å². The molecule has 3 fully saturated rings. The molecule has 0 N–H and O–H groups in total. The standard InChI is InChI=1S/C25H30O4/c1-14(2)11-12-23(6)20-19(26)16-9-7-8-10-17(16)28-24(20)18-13-15(3)21(27)25(23,24)29-22(18,4)5/h7-11,15,18,20H,12-13H2,1-6H3. The van der Waals surface area contributed by atoms with Crippen molar-refractivity contribution in [2.75, 3.05) is 0 Å². The maximum absolute atomic E-state index is 13.8. The Labute approximate surface area is 172 Å². The summed E-state index contributed by atoms with van der Waals surface area (Å²) in [6, 6.07) is 7.46. The predicted molar refractivity (Wildman–Crippen MR) is 110 cm³/mol. The van der Waals surface area contributed by atoms with Gasteiger partial charge in [-0.3, -0.25) is 9.59 Å². The van der Waals surface area contributed by atoms with E-state index in [0.717, 1.165) is 0 Å². The monoisotopic (exact) mass is 394 g/mol. The highest BCUT2D eigenvalue weighted by Gasteiger charge is 2.94. The lowest BCUT2D eigenvalue weighted by Gasteiger charge is -2.72. The van der Waals surface area contributed by atoms with Crippen molar-refractivity contribution < 1.29 is 19.1 Å². The predicted octanol–water partition coefficient (Wildman–Crippen LogP) is 4.77. The van der Waals surface area contributed by atoms with Gasteiger partial charge >= 0.3 is 0 Å². The molecule has 2 aliphatic heterocycles. The van der Waals surface area contributed by atoms with E-state index in [0.29, 0.717) is 24.2 Å². The van der Waals surface area contributed by atoms with Crippen LogP contribution in [0.4, 0.5) is 0 Å². The van der Waals surface area contributed by atoms with Gasteiger partial charge in [0.05, 0.1) is 17.1 Å². The summed E-state index contributed by atoms with van der Waals surface area (Å²) in [6.45, 7) is 12.3. The van der Waals surface area contributed by atoms with Gasteiger partial charge in [-0.05, 0) is 52.7 Å². The molecular weight excluding hydrogens is 364 g/mol. The molecule has 5 rings (SSSR count). The molecule has 0 amide bonds. The molecule has 6 unspecified atom stereocenters. The zero-order valence-electron chi connectivity index (χ0n) is 18.2. The van der Waals surface area contributed by atoms with Crippen LogP contribution in [0, 0.1) is 23.2 Å². The molecule has 1 aromatic rings. The molecule has 1 saturated heterocycles. The summed E-state index contributed by atoms with van der Waals surface area (Å²) >= 11 is 0. The molecule has 2 bridgehead atoms. The van der Waals surface area contributed by atoms with Crippen molar-refractivity contribution in [3.8, 4) is 5.75 Å². The quantitative estimate of drug-likeness (QED) is 0.678. The van der Waals surface area contributed by atoms with E-state index in [4.69, 9.17) is 9.47 Å². The second-order valence-corrected chi connectivity index (χ2v) is 10.5. The minimum Gasteiger partial charge on any atom is -0.482 e. The fourth-order valence-electron chi connectivity index (χ4n) is 7.12. The van der Waals surface area contributed by atoms with Crippen LogP contribution in [0.2, 0.25) is 0 Å². The van der Waals surface area contributed by atoms with Gasteiger partial charge in [0.1, 0.15) is 5.75 Å². The Morgan fingerprint density at radius 3 is 2.55 bits per heavy atom. The molecule has 4 nitrogen and oxygen atoms in total.